The molecule has 0 saturated carbocycles. The quantitative estimate of drug-likeness (QED) is 0.792. The van der Waals surface area contributed by atoms with Crippen molar-refractivity contribution in [3.8, 4) is 5.88 Å². The number of rotatable bonds is 5. The summed E-state index contributed by atoms with van der Waals surface area (Å²) < 4.78 is 4.93. The van der Waals surface area contributed by atoms with Crippen molar-refractivity contribution in [2.45, 2.75) is 26.3 Å². The molecular formula is C11H17ClN4O2. The van der Waals surface area contributed by atoms with E-state index in [4.69, 9.17) is 22.1 Å². The van der Waals surface area contributed by atoms with Gasteiger partial charge < -0.3 is 10.5 Å². The number of carbonyl (C=O) groups excluding carboxylic acids is 1. The summed E-state index contributed by atoms with van der Waals surface area (Å²) in [5.41, 5.74) is 5.80. The van der Waals surface area contributed by atoms with Crippen molar-refractivity contribution in [3.05, 3.63) is 11.2 Å². The van der Waals surface area contributed by atoms with E-state index in [9.17, 15) is 4.79 Å². The van der Waals surface area contributed by atoms with Crippen LogP contribution < -0.4 is 15.8 Å². The molecule has 0 radical (unpaired) electrons. The van der Waals surface area contributed by atoms with Crippen LogP contribution in [0.5, 0.6) is 5.88 Å². The minimum atomic E-state index is -0.608. The smallest absolute Gasteiger partial charge is 0.243 e. The topological polar surface area (TPSA) is 90.1 Å². The Hall–Kier alpha value is -1.40. The maximum atomic E-state index is 11.8. The molecule has 0 spiro atoms. The Morgan fingerprint density at radius 2 is 2.28 bits per heavy atom. The maximum Gasteiger partial charge on any atom is 0.243 e. The molecule has 1 amide bonds. The van der Waals surface area contributed by atoms with Crippen LogP contribution in [0, 0.1) is 5.92 Å². The first-order chi connectivity index (χ1) is 8.47. The summed E-state index contributed by atoms with van der Waals surface area (Å²) in [6.07, 6.45) is 0.814. The van der Waals surface area contributed by atoms with Crippen molar-refractivity contribution in [1.29, 1.82) is 0 Å². The number of hydrogen-bond acceptors (Lipinski definition) is 5. The Kier molecular flexibility index (Phi) is 5.30. The number of hydrogen-bond donors (Lipinski definition) is 2. The van der Waals surface area contributed by atoms with Gasteiger partial charge in [-0.1, -0.05) is 31.9 Å². The molecule has 1 rings (SSSR count). The van der Waals surface area contributed by atoms with Crippen LogP contribution >= 0.6 is 11.6 Å². The van der Waals surface area contributed by atoms with Gasteiger partial charge in [0.05, 0.1) is 13.2 Å². The van der Waals surface area contributed by atoms with E-state index in [0.29, 0.717) is 0 Å². The van der Waals surface area contributed by atoms with Gasteiger partial charge in [0, 0.05) is 6.07 Å². The zero-order chi connectivity index (χ0) is 13.7. The van der Waals surface area contributed by atoms with Crippen molar-refractivity contribution >= 4 is 23.5 Å². The van der Waals surface area contributed by atoms with E-state index in [1.807, 2.05) is 13.8 Å². The largest absolute Gasteiger partial charge is 0.481 e. The van der Waals surface area contributed by atoms with Gasteiger partial charge in [-0.15, -0.1) is 0 Å². The van der Waals surface area contributed by atoms with E-state index < -0.39 is 6.04 Å². The van der Waals surface area contributed by atoms with Crippen molar-refractivity contribution in [2.24, 2.45) is 11.7 Å². The Balaban J connectivity index is 2.78. The molecule has 3 N–H and O–H groups in total. The first-order valence-electron chi connectivity index (χ1n) is 5.63. The molecule has 0 aliphatic rings. The second kappa shape index (κ2) is 6.51. The fraction of sp³-hybridized carbons (Fsp3) is 0.545. The predicted molar refractivity (Wildman–Crippen MR) is 69.7 cm³/mol. The lowest BCUT2D eigenvalue weighted by molar-refractivity contribution is -0.118. The molecule has 0 saturated heterocycles. The fourth-order valence-electron chi connectivity index (χ4n) is 1.26. The van der Waals surface area contributed by atoms with Gasteiger partial charge in [0.2, 0.25) is 17.7 Å². The number of halogens is 1. The zero-order valence-corrected chi connectivity index (χ0v) is 11.4. The molecular weight excluding hydrogens is 256 g/mol. The molecule has 2 unspecified atom stereocenters. The first-order valence-corrected chi connectivity index (χ1v) is 6.00. The molecule has 7 heteroatoms. The monoisotopic (exact) mass is 272 g/mol. The average Bonchev–Trinajstić information content (AvgIpc) is 2.35. The summed E-state index contributed by atoms with van der Waals surface area (Å²) in [6.45, 7) is 3.88. The van der Waals surface area contributed by atoms with Crippen molar-refractivity contribution in [3.63, 3.8) is 0 Å². The molecule has 0 aromatic carbocycles. The summed E-state index contributed by atoms with van der Waals surface area (Å²) in [4.78, 5) is 19.7. The lowest BCUT2D eigenvalue weighted by atomic mass is 10.00. The van der Waals surface area contributed by atoms with E-state index in [2.05, 4.69) is 15.3 Å². The van der Waals surface area contributed by atoms with Gasteiger partial charge in [0.25, 0.3) is 0 Å². The van der Waals surface area contributed by atoms with Crippen molar-refractivity contribution in [1.82, 2.24) is 9.97 Å². The summed E-state index contributed by atoms with van der Waals surface area (Å²) in [5.74, 6) is 0.102. The van der Waals surface area contributed by atoms with Gasteiger partial charge in [-0.2, -0.15) is 4.98 Å². The number of ether oxygens (including phenoxy) is 1. The second-order valence-electron chi connectivity index (χ2n) is 3.96. The van der Waals surface area contributed by atoms with E-state index in [1.165, 1.54) is 13.2 Å². The number of aromatic nitrogens is 2. The third kappa shape index (κ3) is 3.82. The van der Waals surface area contributed by atoms with Crippen LogP contribution in [-0.4, -0.2) is 29.0 Å². The SMILES string of the molecule is CCC(C)C(N)C(=O)Nc1nc(Cl)cc(OC)n1. The standard InChI is InChI=1S/C11H17ClN4O2/c1-4-6(2)9(13)10(17)16-11-14-7(12)5-8(15-11)18-3/h5-6,9H,4,13H2,1-3H3,(H,14,15,16,17). The van der Waals surface area contributed by atoms with Crippen LogP contribution in [0.1, 0.15) is 20.3 Å². The molecule has 0 aliphatic heterocycles. The van der Waals surface area contributed by atoms with Crippen LogP contribution in [0.4, 0.5) is 5.95 Å². The number of methoxy groups -OCH3 is 1. The number of amides is 1. The molecule has 18 heavy (non-hydrogen) atoms. The highest BCUT2D eigenvalue weighted by atomic mass is 35.5. The minimum Gasteiger partial charge on any atom is -0.481 e. The van der Waals surface area contributed by atoms with Crippen molar-refractivity contribution in [2.75, 3.05) is 12.4 Å². The molecule has 0 bridgehead atoms. The van der Waals surface area contributed by atoms with Gasteiger partial charge >= 0.3 is 0 Å². The van der Waals surface area contributed by atoms with Crippen LogP contribution in [0.2, 0.25) is 5.15 Å². The average molecular weight is 273 g/mol. The molecule has 2 atom stereocenters. The third-order valence-electron chi connectivity index (χ3n) is 2.68. The van der Waals surface area contributed by atoms with Gasteiger partial charge in [0.1, 0.15) is 5.15 Å². The van der Waals surface area contributed by atoms with Crippen LogP contribution in [0.15, 0.2) is 6.07 Å². The second-order valence-corrected chi connectivity index (χ2v) is 4.34. The molecule has 1 aromatic rings. The van der Waals surface area contributed by atoms with E-state index in [0.717, 1.165) is 6.42 Å². The third-order valence-corrected chi connectivity index (χ3v) is 2.87. The fourth-order valence-corrected chi connectivity index (χ4v) is 1.44. The van der Waals surface area contributed by atoms with Crippen LogP contribution in [0.25, 0.3) is 0 Å². The van der Waals surface area contributed by atoms with Crippen LogP contribution in [0.3, 0.4) is 0 Å². The highest BCUT2D eigenvalue weighted by Gasteiger charge is 2.20. The number of carbonyl (C=O) groups is 1. The lowest BCUT2D eigenvalue weighted by Crippen LogP contribution is -2.41. The summed E-state index contributed by atoms with van der Waals surface area (Å²) in [7, 11) is 1.45. The number of nitrogens with two attached hydrogens (primary N) is 1. The molecule has 0 fully saturated rings. The van der Waals surface area contributed by atoms with E-state index in [-0.39, 0.29) is 28.8 Å². The molecule has 1 heterocycles. The molecule has 100 valence electrons. The first kappa shape index (κ1) is 14.7. The molecule has 0 aliphatic carbocycles. The highest BCUT2D eigenvalue weighted by Crippen LogP contribution is 2.16. The van der Waals surface area contributed by atoms with E-state index in [1.54, 1.807) is 0 Å². The van der Waals surface area contributed by atoms with Crippen LogP contribution in [-0.2, 0) is 4.79 Å². The van der Waals surface area contributed by atoms with Gasteiger partial charge in [-0.25, -0.2) is 4.98 Å². The Labute approximate surface area is 111 Å². The lowest BCUT2D eigenvalue weighted by Gasteiger charge is -2.17. The van der Waals surface area contributed by atoms with Gasteiger partial charge in [-0.3, -0.25) is 10.1 Å². The van der Waals surface area contributed by atoms with Gasteiger partial charge in [-0.05, 0) is 5.92 Å². The number of nitrogens with zero attached hydrogens (tertiary/aromatic N) is 2. The summed E-state index contributed by atoms with van der Waals surface area (Å²) >= 11 is 5.77. The van der Waals surface area contributed by atoms with Crippen molar-refractivity contribution < 1.29 is 9.53 Å². The predicted octanol–water partition coefficient (Wildman–Crippen LogP) is 1.45. The Morgan fingerprint density at radius 1 is 1.61 bits per heavy atom. The molecule has 1 aromatic heterocycles. The molecule has 6 nitrogen and oxygen atoms in total. The summed E-state index contributed by atoms with van der Waals surface area (Å²) in [5, 5.41) is 2.71. The number of nitrogens with one attached hydrogen (secondary N) is 1. The Morgan fingerprint density at radius 3 is 2.83 bits per heavy atom. The van der Waals surface area contributed by atoms with E-state index >= 15 is 0 Å². The van der Waals surface area contributed by atoms with Gasteiger partial charge in [0.15, 0.2) is 0 Å². The minimum absolute atomic E-state index is 0.0751. The normalized spacial score (nSPS) is 13.8. The summed E-state index contributed by atoms with van der Waals surface area (Å²) in [6, 6.07) is 0.842. The number of anilines is 1. The zero-order valence-electron chi connectivity index (χ0n) is 10.6. The highest BCUT2D eigenvalue weighted by molar-refractivity contribution is 6.29. The maximum absolute atomic E-state index is 11.8. The Bertz CT molecular complexity index is 428.